The number of aromatic nitrogens is 2. The second-order valence-electron chi connectivity index (χ2n) is 6.68. The molecule has 1 aromatic heterocycles. The minimum absolute atomic E-state index is 0.0112. The fourth-order valence-corrected chi connectivity index (χ4v) is 2.57. The second kappa shape index (κ2) is 8.98. The zero-order valence-corrected chi connectivity index (χ0v) is 15.9. The van der Waals surface area contributed by atoms with Gasteiger partial charge in [0, 0.05) is 11.3 Å². The summed E-state index contributed by atoms with van der Waals surface area (Å²) in [7, 11) is 0. The highest BCUT2D eigenvalue weighted by atomic mass is 16.2. The molecule has 3 N–H and O–H groups in total. The number of benzene rings is 1. The van der Waals surface area contributed by atoms with E-state index in [9.17, 15) is 14.4 Å². The predicted molar refractivity (Wildman–Crippen MR) is 101 cm³/mol. The van der Waals surface area contributed by atoms with Crippen LogP contribution < -0.4 is 16.2 Å². The number of nitrogens with zero attached hydrogens (tertiary/aromatic N) is 2. The Balaban J connectivity index is 1.91. The van der Waals surface area contributed by atoms with E-state index < -0.39 is 17.9 Å². The number of hydrogen-bond donors (Lipinski definition) is 3. The summed E-state index contributed by atoms with van der Waals surface area (Å²) >= 11 is 0. The van der Waals surface area contributed by atoms with E-state index in [0.717, 1.165) is 11.4 Å². The van der Waals surface area contributed by atoms with E-state index in [4.69, 9.17) is 0 Å². The molecule has 0 aliphatic rings. The van der Waals surface area contributed by atoms with Gasteiger partial charge in [0.2, 0.25) is 0 Å². The van der Waals surface area contributed by atoms with Crippen LogP contribution in [-0.2, 0) is 16.1 Å². The number of rotatable bonds is 6. The lowest BCUT2D eigenvalue weighted by molar-refractivity contribution is -0.130. The molecular weight excluding hydrogens is 346 g/mol. The highest BCUT2D eigenvalue weighted by molar-refractivity contribution is 5.97. The molecule has 8 nitrogen and oxygen atoms in total. The van der Waals surface area contributed by atoms with Crippen molar-refractivity contribution in [3.05, 3.63) is 53.3 Å². The van der Waals surface area contributed by atoms with E-state index in [0.29, 0.717) is 5.56 Å². The molecule has 1 aromatic carbocycles. The number of hydrazine groups is 1. The van der Waals surface area contributed by atoms with Gasteiger partial charge in [-0.05, 0) is 38.0 Å². The summed E-state index contributed by atoms with van der Waals surface area (Å²) in [5, 5.41) is 6.90. The van der Waals surface area contributed by atoms with Gasteiger partial charge in [-0.2, -0.15) is 5.10 Å². The lowest BCUT2D eigenvalue weighted by atomic mass is 10.0. The monoisotopic (exact) mass is 371 g/mol. The van der Waals surface area contributed by atoms with Crippen molar-refractivity contribution < 1.29 is 14.4 Å². The Morgan fingerprint density at radius 1 is 1.07 bits per heavy atom. The van der Waals surface area contributed by atoms with Gasteiger partial charge in [-0.25, -0.2) is 0 Å². The third-order valence-corrected chi connectivity index (χ3v) is 3.99. The van der Waals surface area contributed by atoms with E-state index in [-0.39, 0.29) is 18.4 Å². The van der Waals surface area contributed by atoms with Crippen LogP contribution in [0.4, 0.5) is 0 Å². The van der Waals surface area contributed by atoms with Crippen LogP contribution in [0.1, 0.15) is 35.6 Å². The van der Waals surface area contributed by atoms with E-state index in [1.165, 1.54) is 0 Å². The van der Waals surface area contributed by atoms with Crippen LogP contribution in [0.3, 0.4) is 0 Å². The lowest BCUT2D eigenvalue weighted by Gasteiger charge is -2.22. The third-order valence-electron chi connectivity index (χ3n) is 3.99. The Morgan fingerprint density at radius 3 is 2.30 bits per heavy atom. The molecule has 0 radical (unpaired) electrons. The normalized spacial score (nSPS) is 11.7. The molecule has 1 unspecified atom stereocenters. The first kappa shape index (κ1) is 20.2. The van der Waals surface area contributed by atoms with Crippen LogP contribution in [0.15, 0.2) is 36.4 Å². The minimum atomic E-state index is -0.785. The molecule has 0 fully saturated rings. The van der Waals surface area contributed by atoms with Gasteiger partial charge >= 0.3 is 0 Å². The summed E-state index contributed by atoms with van der Waals surface area (Å²) in [6, 6.07) is 9.71. The van der Waals surface area contributed by atoms with Crippen LogP contribution in [0, 0.1) is 19.8 Å². The molecule has 0 spiro atoms. The summed E-state index contributed by atoms with van der Waals surface area (Å²) in [5.74, 6) is -1.41. The van der Waals surface area contributed by atoms with Gasteiger partial charge in [-0.15, -0.1) is 0 Å². The summed E-state index contributed by atoms with van der Waals surface area (Å²) < 4.78 is 1.55. The van der Waals surface area contributed by atoms with Gasteiger partial charge in [0.15, 0.2) is 0 Å². The first-order valence-corrected chi connectivity index (χ1v) is 8.73. The van der Waals surface area contributed by atoms with Gasteiger partial charge in [0.1, 0.15) is 12.6 Å². The summed E-state index contributed by atoms with van der Waals surface area (Å²) in [5.41, 5.74) is 6.86. The molecule has 0 bridgehead atoms. The maximum absolute atomic E-state index is 12.4. The Bertz CT molecular complexity index is 814. The molecule has 2 aromatic rings. The van der Waals surface area contributed by atoms with Crippen LogP contribution >= 0.6 is 0 Å². The molecule has 0 saturated carbocycles. The Labute approximate surface area is 158 Å². The zero-order chi connectivity index (χ0) is 20.0. The van der Waals surface area contributed by atoms with Crippen molar-refractivity contribution in [2.45, 2.75) is 40.3 Å². The number of carbonyl (C=O) groups is 3. The molecule has 1 heterocycles. The Morgan fingerprint density at radius 2 is 1.74 bits per heavy atom. The molecule has 3 amide bonds. The number of aryl methyl sites for hydroxylation is 2. The van der Waals surface area contributed by atoms with Gasteiger partial charge in [-0.1, -0.05) is 32.0 Å². The van der Waals surface area contributed by atoms with Crippen molar-refractivity contribution in [2.75, 3.05) is 0 Å². The van der Waals surface area contributed by atoms with Crippen LogP contribution in [0.2, 0.25) is 0 Å². The number of nitrogens with one attached hydrogen (secondary N) is 3. The summed E-state index contributed by atoms with van der Waals surface area (Å²) in [6.07, 6.45) is 0. The summed E-state index contributed by atoms with van der Waals surface area (Å²) in [6.45, 7) is 7.30. The van der Waals surface area contributed by atoms with Crippen molar-refractivity contribution in [3.63, 3.8) is 0 Å². The third kappa shape index (κ3) is 5.67. The van der Waals surface area contributed by atoms with Crippen LogP contribution in [0.5, 0.6) is 0 Å². The Hall–Kier alpha value is -3.16. The van der Waals surface area contributed by atoms with Gasteiger partial charge in [0.05, 0.1) is 5.69 Å². The number of carbonyl (C=O) groups excluding carboxylic acids is 3. The highest BCUT2D eigenvalue weighted by Crippen LogP contribution is 2.05. The molecule has 0 saturated heterocycles. The molecule has 0 aliphatic carbocycles. The smallest absolute Gasteiger partial charge is 0.261 e. The molecule has 1 atom stereocenters. The standard InChI is InChI=1S/C19H25N5O3/c1-12(2)17(20-18(26)15-8-6-5-7-9-15)19(27)22-21-16(25)11-24-14(4)10-13(3)23-24/h5-10,12,17H,11H2,1-4H3,(H,20,26)(H,21,25)(H,22,27). The van der Waals surface area contributed by atoms with Crippen molar-refractivity contribution in [1.82, 2.24) is 25.9 Å². The molecule has 8 heteroatoms. The average Bonchev–Trinajstić information content (AvgIpc) is 2.94. The Kier molecular flexibility index (Phi) is 6.70. The van der Waals surface area contributed by atoms with Crippen molar-refractivity contribution in [3.8, 4) is 0 Å². The largest absolute Gasteiger partial charge is 0.340 e. The average molecular weight is 371 g/mol. The van der Waals surface area contributed by atoms with Crippen LogP contribution in [0.25, 0.3) is 0 Å². The SMILES string of the molecule is Cc1cc(C)n(CC(=O)NNC(=O)C(NC(=O)c2ccccc2)C(C)C)n1. The van der Waals surface area contributed by atoms with Gasteiger partial charge < -0.3 is 5.32 Å². The fourth-order valence-electron chi connectivity index (χ4n) is 2.57. The molecule has 0 aliphatic heterocycles. The highest BCUT2D eigenvalue weighted by Gasteiger charge is 2.25. The molecular formula is C19H25N5O3. The second-order valence-corrected chi connectivity index (χ2v) is 6.68. The fraction of sp³-hybridized carbons (Fsp3) is 0.368. The van der Waals surface area contributed by atoms with Crippen molar-refractivity contribution >= 4 is 17.7 Å². The first-order chi connectivity index (χ1) is 12.8. The van der Waals surface area contributed by atoms with Crippen LogP contribution in [-0.4, -0.2) is 33.5 Å². The maximum atomic E-state index is 12.4. The molecule has 144 valence electrons. The van der Waals surface area contributed by atoms with E-state index in [2.05, 4.69) is 21.3 Å². The molecule has 2 rings (SSSR count). The van der Waals surface area contributed by atoms with E-state index in [1.54, 1.807) is 28.9 Å². The molecule has 27 heavy (non-hydrogen) atoms. The topological polar surface area (TPSA) is 105 Å². The van der Waals surface area contributed by atoms with Gasteiger partial charge in [-0.3, -0.25) is 29.9 Å². The van der Waals surface area contributed by atoms with Crippen molar-refractivity contribution in [2.24, 2.45) is 5.92 Å². The van der Waals surface area contributed by atoms with Crippen molar-refractivity contribution in [1.29, 1.82) is 0 Å². The first-order valence-electron chi connectivity index (χ1n) is 8.73. The van der Waals surface area contributed by atoms with E-state index >= 15 is 0 Å². The van der Waals surface area contributed by atoms with Gasteiger partial charge in [0.25, 0.3) is 17.7 Å². The lowest BCUT2D eigenvalue weighted by Crippen LogP contribution is -2.54. The van der Waals surface area contributed by atoms with E-state index in [1.807, 2.05) is 39.8 Å². The maximum Gasteiger partial charge on any atom is 0.261 e. The quantitative estimate of drug-likeness (QED) is 0.661. The zero-order valence-electron chi connectivity index (χ0n) is 15.9. The minimum Gasteiger partial charge on any atom is -0.340 e. The number of hydrogen-bond acceptors (Lipinski definition) is 4. The summed E-state index contributed by atoms with van der Waals surface area (Å²) in [4.78, 5) is 36.8. The predicted octanol–water partition coefficient (Wildman–Crippen LogP) is 1.10. The number of amides is 3.